The van der Waals surface area contributed by atoms with Crippen molar-refractivity contribution in [2.24, 2.45) is 11.8 Å². The van der Waals surface area contributed by atoms with Crippen LogP contribution < -0.4 is 0 Å². The van der Waals surface area contributed by atoms with Crippen LogP contribution in [-0.4, -0.2) is 13.7 Å². The van der Waals surface area contributed by atoms with Crippen molar-refractivity contribution in [1.82, 2.24) is 0 Å². The molecule has 3 nitrogen and oxygen atoms in total. The molecule has 108 valence electrons. The van der Waals surface area contributed by atoms with E-state index in [4.69, 9.17) is 0 Å². The van der Waals surface area contributed by atoms with Gasteiger partial charge in [0.25, 0.3) is 0 Å². The van der Waals surface area contributed by atoms with Crippen LogP contribution in [0.15, 0.2) is 33.6 Å². The molecule has 1 aliphatic carbocycles. The van der Waals surface area contributed by atoms with E-state index in [1.54, 1.807) is 24.3 Å². The van der Waals surface area contributed by atoms with Crippen molar-refractivity contribution >= 4 is 25.8 Å². The normalized spacial score (nSPS) is 26.9. The molecule has 0 radical (unpaired) electrons. The van der Waals surface area contributed by atoms with Crippen LogP contribution in [0.1, 0.15) is 32.6 Å². The van der Waals surface area contributed by atoms with Gasteiger partial charge in [0.2, 0.25) is 0 Å². The van der Waals surface area contributed by atoms with Crippen LogP contribution in [-0.2, 0) is 9.84 Å². The van der Waals surface area contributed by atoms with Gasteiger partial charge in [-0.3, -0.25) is 0 Å². The molecule has 0 N–H and O–H groups in total. The van der Waals surface area contributed by atoms with Gasteiger partial charge in [-0.25, -0.2) is 8.42 Å². The molecule has 0 heterocycles. The second-order valence-electron chi connectivity index (χ2n) is 5.36. The highest BCUT2D eigenvalue weighted by Crippen LogP contribution is 2.37. The van der Waals surface area contributed by atoms with Crippen LogP contribution in [0.25, 0.3) is 0 Å². The zero-order chi connectivity index (χ0) is 14.8. The Labute approximate surface area is 129 Å². The largest absolute Gasteiger partial charge is 0.223 e. The van der Waals surface area contributed by atoms with Gasteiger partial charge >= 0.3 is 0 Å². The molecule has 1 fully saturated rings. The van der Waals surface area contributed by atoms with Crippen molar-refractivity contribution in [3.63, 3.8) is 0 Å². The van der Waals surface area contributed by atoms with E-state index in [1.165, 1.54) is 0 Å². The fourth-order valence-corrected chi connectivity index (χ4v) is 5.16. The lowest BCUT2D eigenvalue weighted by molar-refractivity contribution is 0.308. The van der Waals surface area contributed by atoms with Crippen molar-refractivity contribution in [1.29, 1.82) is 5.26 Å². The average molecular weight is 356 g/mol. The van der Waals surface area contributed by atoms with E-state index in [-0.39, 0.29) is 5.92 Å². The number of rotatable bonds is 3. The van der Waals surface area contributed by atoms with E-state index in [1.807, 2.05) is 0 Å². The van der Waals surface area contributed by atoms with Crippen molar-refractivity contribution in [3.05, 3.63) is 28.7 Å². The van der Waals surface area contributed by atoms with Crippen LogP contribution in [0.2, 0.25) is 0 Å². The number of hydrogen-bond donors (Lipinski definition) is 0. The van der Waals surface area contributed by atoms with Gasteiger partial charge in [-0.1, -0.05) is 29.3 Å². The summed E-state index contributed by atoms with van der Waals surface area (Å²) in [6.07, 6.45) is 3.23. The SMILES string of the molecule is CCC1CCC(C#N)C(S(=O)(=O)c2ccc(Br)cc2)C1. The molecule has 0 aliphatic heterocycles. The summed E-state index contributed by atoms with van der Waals surface area (Å²) < 4.78 is 26.4. The Balaban J connectivity index is 2.35. The zero-order valence-electron chi connectivity index (χ0n) is 11.4. The summed E-state index contributed by atoms with van der Waals surface area (Å²) in [5.74, 6) is 0.0290. The van der Waals surface area contributed by atoms with Crippen LogP contribution >= 0.6 is 15.9 Å². The van der Waals surface area contributed by atoms with E-state index in [2.05, 4.69) is 28.9 Å². The second-order valence-corrected chi connectivity index (χ2v) is 8.44. The molecule has 5 heteroatoms. The van der Waals surface area contributed by atoms with Gasteiger partial charge in [-0.15, -0.1) is 0 Å². The molecule has 3 atom stereocenters. The first-order chi connectivity index (χ1) is 9.48. The lowest BCUT2D eigenvalue weighted by atomic mass is 9.81. The minimum absolute atomic E-state index is 0.322. The maximum Gasteiger partial charge on any atom is 0.182 e. The molecule has 0 spiro atoms. The second kappa shape index (κ2) is 6.28. The highest BCUT2D eigenvalue weighted by molar-refractivity contribution is 9.10. The van der Waals surface area contributed by atoms with Gasteiger partial charge in [-0.2, -0.15) is 5.26 Å². The summed E-state index contributed by atoms with van der Waals surface area (Å²) >= 11 is 3.31. The molecule has 0 saturated heterocycles. The molecule has 1 aromatic carbocycles. The molecule has 0 bridgehead atoms. The highest BCUT2D eigenvalue weighted by atomic mass is 79.9. The van der Waals surface area contributed by atoms with Crippen molar-refractivity contribution in [2.45, 2.75) is 42.8 Å². The summed E-state index contributed by atoms with van der Waals surface area (Å²) in [7, 11) is -3.43. The Bertz CT molecular complexity index is 604. The molecule has 20 heavy (non-hydrogen) atoms. The summed E-state index contributed by atoms with van der Waals surface area (Å²) in [6.45, 7) is 2.08. The summed E-state index contributed by atoms with van der Waals surface area (Å²) in [5, 5.41) is 8.69. The van der Waals surface area contributed by atoms with E-state index >= 15 is 0 Å². The topological polar surface area (TPSA) is 57.9 Å². The Kier molecular flexibility index (Phi) is 4.87. The lowest BCUT2D eigenvalue weighted by Gasteiger charge is -2.31. The predicted molar refractivity (Wildman–Crippen MR) is 81.9 cm³/mol. The average Bonchev–Trinajstić information content (AvgIpc) is 2.47. The van der Waals surface area contributed by atoms with Crippen LogP contribution in [0.4, 0.5) is 0 Å². The lowest BCUT2D eigenvalue weighted by Crippen LogP contribution is -2.35. The van der Waals surface area contributed by atoms with E-state index in [9.17, 15) is 13.7 Å². The minimum atomic E-state index is -3.43. The number of halogens is 1. The van der Waals surface area contributed by atoms with Crippen LogP contribution in [0, 0.1) is 23.2 Å². The van der Waals surface area contributed by atoms with Crippen molar-refractivity contribution < 1.29 is 8.42 Å². The smallest absolute Gasteiger partial charge is 0.182 e. The summed E-state index contributed by atoms with van der Waals surface area (Å²) in [4.78, 5) is 0.322. The first kappa shape index (κ1) is 15.5. The molecule has 2 rings (SSSR count). The van der Waals surface area contributed by atoms with Gasteiger partial charge in [0.1, 0.15) is 0 Å². The van der Waals surface area contributed by atoms with E-state index < -0.39 is 15.1 Å². The van der Waals surface area contributed by atoms with Gasteiger partial charge in [-0.05, 0) is 49.4 Å². The van der Waals surface area contributed by atoms with Gasteiger partial charge in [0.05, 0.1) is 22.1 Å². The minimum Gasteiger partial charge on any atom is -0.223 e. The number of nitriles is 1. The maximum absolute atomic E-state index is 12.8. The summed E-state index contributed by atoms with van der Waals surface area (Å²) in [6, 6.07) is 8.89. The van der Waals surface area contributed by atoms with Crippen LogP contribution in [0.5, 0.6) is 0 Å². The highest BCUT2D eigenvalue weighted by Gasteiger charge is 2.39. The molecule has 1 aromatic rings. The summed E-state index contributed by atoms with van der Waals surface area (Å²) in [5.41, 5.74) is 0. The van der Waals surface area contributed by atoms with Gasteiger partial charge < -0.3 is 0 Å². The molecule has 0 amide bonds. The number of nitrogens with zero attached hydrogens (tertiary/aromatic N) is 1. The Morgan fingerprint density at radius 1 is 1.30 bits per heavy atom. The Hall–Kier alpha value is -0.860. The first-order valence-electron chi connectivity index (χ1n) is 6.88. The fourth-order valence-electron chi connectivity index (χ4n) is 2.87. The molecule has 0 aromatic heterocycles. The monoisotopic (exact) mass is 355 g/mol. The number of hydrogen-bond acceptors (Lipinski definition) is 3. The molecular weight excluding hydrogens is 338 g/mol. The molecule has 1 saturated carbocycles. The van der Waals surface area contributed by atoms with Crippen LogP contribution in [0.3, 0.4) is 0 Å². The van der Waals surface area contributed by atoms with Crippen molar-refractivity contribution in [3.8, 4) is 6.07 Å². The Morgan fingerprint density at radius 2 is 1.95 bits per heavy atom. The first-order valence-corrected chi connectivity index (χ1v) is 9.22. The van der Waals surface area contributed by atoms with E-state index in [0.29, 0.717) is 23.7 Å². The molecule has 3 unspecified atom stereocenters. The quantitative estimate of drug-likeness (QED) is 0.824. The third-order valence-electron chi connectivity index (χ3n) is 4.18. The Morgan fingerprint density at radius 3 is 2.50 bits per heavy atom. The zero-order valence-corrected chi connectivity index (χ0v) is 13.8. The number of sulfone groups is 1. The predicted octanol–water partition coefficient (Wildman–Crippen LogP) is 3.94. The number of benzene rings is 1. The van der Waals surface area contributed by atoms with Gasteiger partial charge in [0, 0.05) is 4.47 Å². The van der Waals surface area contributed by atoms with Gasteiger partial charge in [0.15, 0.2) is 9.84 Å². The molecule has 1 aliphatic rings. The standard InChI is InChI=1S/C15H18BrNO2S/c1-2-11-3-4-12(10-17)15(9-11)20(18,19)14-7-5-13(16)6-8-14/h5-8,11-12,15H,2-4,9H2,1H3. The van der Waals surface area contributed by atoms with E-state index in [0.717, 1.165) is 17.3 Å². The third-order valence-corrected chi connectivity index (χ3v) is 6.96. The molecular formula is C15H18BrNO2S. The third kappa shape index (κ3) is 3.07. The van der Waals surface area contributed by atoms with Crippen molar-refractivity contribution in [2.75, 3.05) is 0 Å². The fraction of sp³-hybridized carbons (Fsp3) is 0.533. The maximum atomic E-state index is 12.8.